The summed E-state index contributed by atoms with van der Waals surface area (Å²) in [6.45, 7) is 1.73. The van der Waals surface area contributed by atoms with Crippen molar-refractivity contribution < 1.29 is 4.39 Å². The Kier molecular flexibility index (Phi) is 5.30. The zero-order valence-corrected chi connectivity index (χ0v) is 10.4. The largest absolute Gasteiger partial charge is 0.301 e. The van der Waals surface area contributed by atoms with Gasteiger partial charge < -0.3 is 4.90 Å². The van der Waals surface area contributed by atoms with Crippen molar-refractivity contribution in [2.24, 2.45) is 0 Å². The minimum atomic E-state index is -0.446. The lowest BCUT2D eigenvalue weighted by Crippen LogP contribution is -2.20. The lowest BCUT2D eigenvalue weighted by Gasteiger charge is -2.15. The molecule has 1 rings (SSSR count). The van der Waals surface area contributed by atoms with E-state index in [1.807, 2.05) is 13.1 Å². The molecule has 1 aromatic rings. The van der Waals surface area contributed by atoms with Crippen molar-refractivity contribution in [1.29, 1.82) is 5.26 Å². The van der Waals surface area contributed by atoms with Gasteiger partial charge in [0.2, 0.25) is 0 Å². The van der Waals surface area contributed by atoms with Crippen LogP contribution >= 0.6 is 11.8 Å². The van der Waals surface area contributed by atoms with Crippen molar-refractivity contribution in [2.75, 3.05) is 25.6 Å². The third kappa shape index (κ3) is 3.84. The van der Waals surface area contributed by atoms with Crippen molar-refractivity contribution in [3.63, 3.8) is 0 Å². The molecule has 0 aliphatic carbocycles. The lowest BCUT2D eigenvalue weighted by molar-refractivity contribution is 0.348. The summed E-state index contributed by atoms with van der Waals surface area (Å²) in [7, 11) is 2.02. The van der Waals surface area contributed by atoms with E-state index in [9.17, 15) is 4.39 Å². The van der Waals surface area contributed by atoms with Crippen LogP contribution < -0.4 is 0 Å². The Balaban J connectivity index is 2.64. The number of rotatable bonds is 5. The van der Waals surface area contributed by atoms with Crippen molar-refractivity contribution in [1.82, 2.24) is 4.90 Å². The normalized spacial score (nSPS) is 10.4. The van der Waals surface area contributed by atoms with Gasteiger partial charge in [-0.2, -0.15) is 17.0 Å². The molecule has 16 heavy (non-hydrogen) atoms. The molecule has 4 heteroatoms. The first-order chi connectivity index (χ1) is 7.67. The Bertz CT molecular complexity index is 387. The fraction of sp³-hybridized carbons (Fsp3) is 0.417. The molecule has 0 amide bonds. The van der Waals surface area contributed by atoms with Crippen LogP contribution in [0.4, 0.5) is 4.39 Å². The minimum Gasteiger partial charge on any atom is -0.301 e. The Morgan fingerprint density at radius 1 is 1.50 bits per heavy atom. The summed E-state index contributed by atoms with van der Waals surface area (Å²) in [5, 5.41) is 8.71. The fourth-order valence-corrected chi connectivity index (χ4v) is 1.89. The predicted octanol–water partition coefficient (Wildman–Crippen LogP) is 2.49. The monoisotopic (exact) mass is 238 g/mol. The zero-order valence-electron chi connectivity index (χ0n) is 9.53. The van der Waals surface area contributed by atoms with Crippen LogP contribution in [0.25, 0.3) is 0 Å². The van der Waals surface area contributed by atoms with Crippen LogP contribution in [0.1, 0.15) is 11.1 Å². The molecule has 0 N–H and O–H groups in total. The second kappa shape index (κ2) is 6.51. The van der Waals surface area contributed by atoms with Gasteiger partial charge in [-0.3, -0.25) is 0 Å². The average Bonchev–Trinajstić information content (AvgIpc) is 2.29. The van der Waals surface area contributed by atoms with E-state index in [1.165, 1.54) is 6.07 Å². The van der Waals surface area contributed by atoms with E-state index in [4.69, 9.17) is 5.26 Å². The van der Waals surface area contributed by atoms with Crippen LogP contribution in [-0.4, -0.2) is 30.5 Å². The SMILES string of the molecule is CSCCN(C)Cc1ccc(F)c(C#N)c1. The summed E-state index contributed by atoms with van der Waals surface area (Å²) in [4.78, 5) is 2.16. The van der Waals surface area contributed by atoms with Crippen LogP contribution in [0.2, 0.25) is 0 Å². The van der Waals surface area contributed by atoms with Gasteiger partial charge in [0.25, 0.3) is 0 Å². The van der Waals surface area contributed by atoms with E-state index in [-0.39, 0.29) is 5.56 Å². The maximum atomic E-state index is 13.1. The molecule has 0 spiro atoms. The molecule has 0 radical (unpaired) electrons. The molecular formula is C12H15FN2S. The zero-order chi connectivity index (χ0) is 12.0. The van der Waals surface area contributed by atoms with Crippen molar-refractivity contribution in [3.8, 4) is 6.07 Å². The molecule has 0 unspecified atom stereocenters. The Morgan fingerprint density at radius 2 is 2.25 bits per heavy atom. The molecule has 0 saturated heterocycles. The molecule has 0 fully saturated rings. The topological polar surface area (TPSA) is 27.0 Å². The maximum absolute atomic E-state index is 13.1. The number of nitriles is 1. The summed E-state index contributed by atoms with van der Waals surface area (Å²) in [6.07, 6.45) is 2.07. The molecule has 0 heterocycles. The molecule has 0 aromatic heterocycles. The van der Waals surface area contributed by atoms with Gasteiger partial charge in [-0.15, -0.1) is 0 Å². The second-order valence-electron chi connectivity index (χ2n) is 3.66. The van der Waals surface area contributed by atoms with Gasteiger partial charge in [0.15, 0.2) is 0 Å². The Labute approximate surface area is 100 Å². The second-order valence-corrected chi connectivity index (χ2v) is 4.64. The number of nitrogens with zero attached hydrogens (tertiary/aromatic N) is 2. The highest BCUT2D eigenvalue weighted by Crippen LogP contribution is 2.11. The van der Waals surface area contributed by atoms with Gasteiger partial charge in [-0.05, 0) is 31.0 Å². The highest BCUT2D eigenvalue weighted by molar-refractivity contribution is 7.98. The number of benzene rings is 1. The Hall–Kier alpha value is -1.05. The van der Waals surface area contributed by atoms with E-state index in [1.54, 1.807) is 23.9 Å². The smallest absolute Gasteiger partial charge is 0.140 e. The van der Waals surface area contributed by atoms with E-state index in [0.717, 1.165) is 24.4 Å². The highest BCUT2D eigenvalue weighted by atomic mass is 32.2. The molecule has 0 atom stereocenters. The van der Waals surface area contributed by atoms with Crippen molar-refractivity contribution in [3.05, 3.63) is 35.1 Å². The number of halogens is 1. The minimum absolute atomic E-state index is 0.121. The molecule has 2 nitrogen and oxygen atoms in total. The van der Waals surface area contributed by atoms with Crippen molar-refractivity contribution >= 4 is 11.8 Å². The van der Waals surface area contributed by atoms with Crippen LogP contribution in [0.3, 0.4) is 0 Å². The molecule has 0 aliphatic rings. The summed E-state index contributed by atoms with van der Waals surface area (Å²) in [5.74, 6) is 0.626. The first-order valence-corrected chi connectivity index (χ1v) is 6.42. The molecular weight excluding hydrogens is 223 g/mol. The van der Waals surface area contributed by atoms with E-state index in [0.29, 0.717) is 0 Å². The van der Waals surface area contributed by atoms with Crippen molar-refractivity contribution in [2.45, 2.75) is 6.54 Å². The predicted molar refractivity (Wildman–Crippen MR) is 65.8 cm³/mol. The van der Waals surface area contributed by atoms with Gasteiger partial charge in [0.1, 0.15) is 11.9 Å². The van der Waals surface area contributed by atoms with Crippen LogP contribution in [0.15, 0.2) is 18.2 Å². The summed E-state index contributed by atoms with van der Waals surface area (Å²) < 4.78 is 13.1. The molecule has 86 valence electrons. The molecule has 1 aromatic carbocycles. The van der Waals surface area contributed by atoms with E-state index < -0.39 is 5.82 Å². The van der Waals surface area contributed by atoms with Gasteiger partial charge in [-0.25, -0.2) is 4.39 Å². The summed E-state index contributed by atoms with van der Waals surface area (Å²) in [5.41, 5.74) is 1.09. The van der Waals surface area contributed by atoms with Crippen LogP contribution in [0.5, 0.6) is 0 Å². The number of hydrogen-bond acceptors (Lipinski definition) is 3. The van der Waals surface area contributed by atoms with E-state index in [2.05, 4.69) is 11.2 Å². The first-order valence-electron chi connectivity index (χ1n) is 5.03. The third-order valence-electron chi connectivity index (χ3n) is 2.28. The van der Waals surface area contributed by atoms with E-state index >= 15 is 0 Å². The maximum Gasteiger partial charge on any atom is 0.140 e. The molecule has 0 saturated carbocycles. The summed E-state index contributed by atoms with van der Waals surface area (Å²) >= 11 is 1.80. The fourth-order valence-electron chi connectivity index (χ4n) is 1.39. The molecule has 0 bridgehead atoms. The Morgan fingerprint density at radius 3 is 2.88 bits per heavy atom. The number of thioether (sulfide) groups is 1. The van der Waals surface area contributed by atoms with Gasteiger partial charge in [0.05, 0.1) is 5.56 Å². The van der Waals surface area contributed by atoms with Gasteiger partial charge in [-0.1, -0.05) is 6.07 Å². The third-order valence-corrected chi connectivity index (χ3v) is 2.87. The average molecular weight is 238 g/mol. The highest BCUT2D eigenvalue weighted by Gasteiger charge is 2.04. The van der Waals surface area contributed by atoms with Crippen LogP contribution in [0, 0.1) is 17.1 Å². The first kappa shape index (κ1) is 13.0. The quantitative estimate of drug-likeness (QED) is 0.788. The summed E-state index contributed by atoms with van der Waals surface area (Å²) in [6, 6.07) is 6.56. The van der Waals surface area contributed by atoms with Crippen LogP contribution in [-0.2, 0) is 6.54 Å². The van der Waals surface area contributed by atoms with Gasteiger partial charge >= 0.3 is 0 Å². The van der Waals surface area contributed by atoms with Gasteiger partial charge in [0, 0.05) is 18.8 Å². The lowest BCUT2D eigenvalue weighted by atomic mass is 10.1. The molecule has 0 aliphatic heterocycles. The standard InChI is InChI=1S/C12H15FN2S/c1-15(5-6-16-2)9-10-3-4-12(13)11(7-10)8-14/h3-4,7H,5-6,9H2,1-2H3. The number of hydrogen-bond donors (Lipinski definition) is 0.